The summed E-state index contributed by atoms with van der Waals surface area (Å²) in [6, 6.07) is 8.22. The Labute approximate surface area is 138 Å². The number of morpholine rings is 1. The van der Waals surface area contributed by atoms with Crippen molar-refractivity contribution in [1.82, 2.24) is 9.80 Å². The number of rotatable bonds is 3. The zero-order valence-corrected chi connectivity index (χ0v) is 14.1. The maximum absolute atomic E-state index is 11.7. The molecule has 2 heterocycles. The van der Waals surface area contributed by atoms with E-state index in [4.69, 9.17) is 9.47 Å². The van der Waals surface area contributed by atoms with Gasteiger partial charge in [0, 0.05) is 33.1 Å². The molecule has 23 heavy (non-hydrogen) atoms. The van der Waals surface area contributed by atoms with Crippen molar-refractivity contribution in [3.8, 4) is 5.75 Å². The summed E-state index contributed by atoms with van der Waals surface area (Å²) in [6.07, 6.45) is 2.05. The molecule has 0 aliphatic carbocycles. The number of carbonyl (C=O) groups is 1. The van der Waals surface area contributed by atoms with E-state index >= 15 is 0 Å². The second kappa shape index (κ2) is 6.89. The van der Waals surface area contributed by atoms with Gasteiger partial charge >= 0.3 is 0 Å². The highest BCUT2D eigenvalue weighted by Crippen LogP contribution is 2.30. The summed E-state index contributed by atoms with van der Waals surface area (Å²) in [5.41, 5.74) is 1.06. The number of carbonyl (C=O) groups excluding carboxylic acids is 1. The van der Waals surface area contributed by atoms with Gasteiger partial charge in [0.05, 0.1) is 25.9 Å². The molecule has 0 saturated carbocycles. The molecule has 126 valence electrons. The Kier molecular flexibility index (Phi) is 4.87. The lowest BCUT2D eigenvalue weighted by Crippen LogP contribution is -2.60. The summed E-state index contributed by atoms with van der Waals surface area (Å²) >= 11 is 0. The first kappa shape index (κ1) is 16.3. The van der Waals surface area contributed by atoms with Crippen LogP contribution in [0.3, 0.4) is 0 Å². The minimum atomic E-state index is -0.193. The van der Waals surface area contributed by atoms with Gasteiger partial charge in [-0.05, 0) is 30.5 Å². The van der Waals surface area contributed by atoms with Gasteiger partial charge < -0.3 is 14.4 Å². The molecule has 2 aliphatic heterocycles. The van der Waals surface area contributed by atoms with Crippen LogP contribution >= 0.6 is 0 Å². The topological polar surface area (TPSA) is 42.0 Å². The van der Waals surface area contributed by atoms with E-state index in [0.29, 0.717) is 0 Å². The average molecular weight is 318 g/mol. The second-order valence-electron chi connectivity index (χ2n) is 6.64. The molecule has 2 fully saturated rings. The number of hydrogen-bond donors (Lipinski definition) is 0. The molecule has 1 aromatic rings. The highest BCUT2D eigenvalue weighted by atomic mass is 16.5. The average Bonchev–Trinajstić information content (AvgIpc) is 2.55. The fraction of sp³-hybridized carbons (Fsp3) is 0.611. The lowest BCUT2D eigenvalue weighted by molar-refractivity contribution is -0.156. The Morgan fingerprint density at radius 3 is 3.00 bits per heavy atom. The van der Waals surface area contributed by atoms with E-state index in [1.54, 1.807) is 14.0 Å². The van der Waals surface area contributed by atoms with Crippen molar-refractivity contribution in [1.29, 1.82) is 0 Å². The van der Waals surface area contributed by atoms with E-state index in [0.717, 1.165) is 57.9 Å². The number of nitrogens with zero attached hydrogens (tertiary/aromatic N) is 2. The van der Waals surface area contributed by atoms with Gasteiger partial charge in [-0.25, -0.2) is 0 Å². The zero-order valence-electron chi connectivity index (χ0n) is 14.1. The van der Waals surface area contributed by atoms with E-state index < -0.39 is 0 Å². The zero-order chi connectivity index (χ0) is 16.3. The smallest absolute Gasteiger partial charge is 0.219 e. The number of amides is 1. The molecular formula is C18H26N2O3. The van der Waals surface area contributed by atoms with Crippen LogP contribution in [0.4, 0.5) is 0 Å². The molecule has 0 aromatic heterocycles. The van der Waals surface area contributed by atoms with Crippen LogP contribution in [0, 0.1) is 0 Å². The Morgan fingerprint density at radius 1 is 1.35 bits per heavy atom. The summed E-state index contributed by atoms with van der Waals surface area (Å²) in [5.74, 6) is 1.04. The molecule has 0 radical (unpaired) electrons. The van der Waals surface area contributed by atoms with Gasteiger partial charge in [0.15, 0.2) is 0 Å². The maximum Gasteiger partial charge on any atom is 0.219 e. The molecule has 2 aliphatic rings. The van der Waals surface area contributed by atoms with Crippen LogP contribution in [-0.4, -0.2) is 61.2 Å². The van der Waals surface area contributed by atoms with Crippen molar-refractivity contribution in [2.45, 2.75) is 31.9 Å². The molecule has 5 nitrogen and oxygen atoms in total. The summed E-state index contributed by atoms with van der Waals surface area (Å²) in [4.78, 5) is 16.1. The molecular weight excluding hydrogens is 292 g/mol. The van der Waals surface area contributed by atoms with Gasteiger partial charge in [-0.2, -0.15) is 0 Å². The van der Waals surface area contributed by atoms with Crippen LogP contribution in [0.15, 0.2) is 24.3 Å². The normalized spacial score (nSPS) is 25.6. The predicted octanol–water partition coefficient (Wildman–Crippen LogP) is 1.91. The molecule has 1 atom stereocenters. The second-order valence-corrected chi connectivity index (χ2v) is 6.64. The van der Waals surface area contributed by atoms with Crippen molar-refractivity contribution in [3.63, 3.8) is 0 Å². The number of ether oxygens (including phenoxy) is 2. The van der Waals surface area contributed by atoms with Gasteiger partial charge in [-0.3, -0.25) is 9.69 Å². The summed E-state index contributed by atoms with van der Waals surface area (Å²) < 4.78 is 11.4. The van der Waals surface area contributed by atoms with Crippen molar-refractivity contribution in [2.24, 2.45) is 0 Å². The number of hydrogen-bond acceptors (Lipinski definition) is 4. The minimum absolute atomic E-state index is 0.151. The summed E-state index contributed by atoms with van der Waals surface area (Å²) in [6.45, 7) is 6.66. The van der Waals surface area contributed by atoms with Crippen LogP contribution in [0.1, 0.15) is 25.3 Å². The molecule has 5 heteroatoms. The SMILES string of the molecule is COc1cccc(CN2CCO[C@]3(CCCN(C(C)=O)C3)C2)c1. The first-order chi connectivity index (χ1) is 11.1. The monoisotopic (exact) mass is 318 g/mol. The largest absolute Gasteiger partial charge is 0.497 e. The molecule has 3 rings (SSSR count). The Bertz CT molecular complexity index is 559. The minimum Gasteiger partial charge on any atom is -0.497 e. The van der Waals surface area contributed by atoms with Crippen molar-refractivity contribution < 1.29 is 14.3 Å². The molecule has 1 spiro atoms. The predicted molar refractivity (Wildman–Crippen MR) is 88.4 cm³/mol. The Hall–Kier alpha value is -1.59. The van der Waals surface area contributed by atoms with Gasteiger partial charge in [-0.15, -0.1) is 0 Å². The first-order valence-electron chi connectivity index (χ1n) is 8.35. The van der Waals surface area contributed by atoms with E-state index in [9.17, 15) is 4.79 Å². The van der Waals surface area contributed by atoms with Crippen molar-refractivity contribution in [2.75, 3.05) is 39.9 Å². The van der Waals surface area contributed by atoms with E-state index in [-0.39, 0.29) is 11.5 Å². The first-order valence-corrected chi connectivity index (χ1v) is 8.35. The molecule has 2 saturated heterocycles. The lowest BCUT2D eigenvalue weighted by atomic mass is 9.90. The van der Waals surface area contributed by atoms with Gasteiger partial charge in [0.25, 0.3) is 0 Å². The quantitative estimate of drug-likeness (QED) is 0.854. The van der Waals surface area contributed by atoms with Gasteiger partial charge in [0.2, 0.25) is 5.91 Å². The van der Waals surface area contributed by atoms with E-state index in [2.05, 4.69) is 17.0 Å². The maximum atomic E-state index is 11.7. The summed E-state index contributed by atoms with van der Waals surface area (Å²) in [5, 5.41) is 0. The Morgan fingerprint density at radius 2 is 2.22 bits per heavy atom. The third-order valence-electron chi connectivity index (χ3n) is 4.85. The van der Waals surface area contributed by atoms with Crippen LogP contribution in [0.5, 0.6) is 5.75 Å². The van der Waals surface area contributed by atoms with Gasteiger partial charge in [0.1, 0.15) is 5.75 Å². The number of likely N-dealkylation sites (tertiary alicyclic amines) is 1. The van der Waals surface area contributed by atoms with Crippen LogP contribution in [-0.2, 0) is 16.1 Å². The highest BCUT2D eigenvalue weighted by Gasteiger charge is 2.41. The number of benzene rings is 1. The molecule has 0 unspecified atom stereocenters. The van der Waals surface area contributed by atoms with E-state index in [1.165, 1.54) is 5.56 Å². The highest BCUT2D eigenvalue weighted by molar-refractivity contribution is 5.73. The molecule has 1 aromatic carbocycles. The number of piperidine rings is 1. The van der Waals surface area contributed by atoms with Crippen LogP contribution in [0.2, 0.25) is 0 Å². The van der Waals surface area contributed by atoms with E-state index in [1.807, 2.05) is 17.0 Å². The van der Waals surface area contributed by atoms with Gasteiger partial charge in [-0.1, -0.05) is 12.1 Å². The number of methoxy groups -OCH3 is 1. The summed E-state index contributed by atoms with van der Waals surface area (Å²) in [7, 11) is 1.70. The lowest BCUT2D eigenvalue weighted by Gasteiger charge is -2.48. The molecule has 1 amide bonds. The van der Waals surface area contributed by atoms with Crippen molar-refractivity contribution >= 4 is 5.91 Å². The molecule has 0 bridgehead atoms. The standard InChI is InChI=1S/C18H26N2O3/c1-15(21)20-8-4-7-18(14-20)13-19(9-10-23-18)12-16-5-3-6-17(11-16)22-2/h3,5-6,11H,4,7-10,12-14H2,1-2H3/t18-/m1/s1. The third kappa shape index (κ3) is 3.85. The Balaban J connectivity index is 1.66. The fourth-order valence-corrected chi connectivity index (χ4v) is 3.70. The van der Waals surface area contributed by atoms with Crippen LogP contribution in [0.25, 0.3) is 0 Å². The third-order valence-corrected chi connectivity index (χ3v) is 4.85. The molecule has 0 N–H and O–H groups in total. The van der Waals surface area contributed by atoms with Crippen LogP contribution < -0.4 is 4.74 Å². The fourth-order valence-electron chi connectivity index (χ4n) is 3.70. The van der Waals surface area contributed by atoms with Crippen molar-refractivity contribution in [3.05, 3.63) is 29.8 Å².